The van der Waals surface area contributed by atoms with Gasteiger partial charge < -0.3 is 9.47 Å². The van der Waals surface area contributed by atoms with E-state index in [4.69, 9.17) is 9.47 Å². The molecule has 2 aliphatic heterocycles. The number of sulfonamides is 1. The van der Waals surface area contributed by atoms with Gasteiger partial charge in [-0.15, -0.1) is 11.3 Å². The maximum atomic E-state index is 13.5. The van der Waals surface area contributed by atoms with Gasteiger partial charge in [-0.1, -0.05) is 13.8 Å². The highest BCUT2D eigenvalue weighted by Gasteiger charge is 2.39. The Kier molecular flexibility index (Phi) is 7.05. The van der Waals surface area contributed by atoms with Crippen LogP contribution < -0.4 is 0 Å². The zero-order valence-corrected chi connectivity index (χ0v) is 19.6. The molecule has 2 aliphatic rings. The van der Waals surface area contributed by atoms with Crippen LogP contribution in [0.25, 0.3) is 0 Å². The van der Waals surface area contributed by atoms with Gasteiger partial charge in [0, 0.05) is 31.1 Å². The molecule has 0 bridgehead atoms. The van der Waals surface area contributed by atoms with E-state index in [0.717, 1.165) is 30.0 Å². The molecule has 2 atom stereocenters. The van der Waals surface area contributed by atoms with Crippen LogP contribution >= 0.6 is 11.3 Å². The number of methoxy groups -OCH3 is 1. The zero-order chi connectivity index (χ0) is 21.3. The molecule has 1 fully saturated rings. The van der Waals surface area contributed by atoms with Gasteiger partial charge in [-0.3, -0.25) is 4.90 Å². The number of fused-ring (bicyclic) bond motifs is 1. The standard InChI is InChI=1S/C20H32N2O5S2/c1-13(2)6-8-21-9-7-16-17(12-21)28-20(18(16)19(23)26-5)29(24,25)22-10-14(3)27-15(4)11-22/h13-15H,6-12H2,1-5H3/t14-,15+. The van der Waals surface area contributed by atoms with E-state index in [1.165, 1.54) is 22.8 Å². The number of thiophene rings is 1. The molecule has 0 N–H and O–H groups in total. The average molecular weight is 445 g/mol. The summed E-state index contributed by atoms with van der Waals surface area (Å²) in [5, 5.41) is 0. The number of morpholine rings is 1. The normalized spacial score (nSPS) is 23.9. The molecule has 0 aromatic carbocycles. The van der Waals surface area contributed by atoms with Crippen molar-refractivity contribution in [2.45, 2.75) is 63.5 Å². The highest BCUT2D eigenvalue weighted by atomic mass is 32.2. The summed E-state index contributed by atoms with van der Waals surface area (Å²) in [6.45, 7) is 11.2. The molecule has 1 aromatic rings. The zero-order valence-electron chi connectivity index (χ0n) is 17.9. The number of carbonyl (C=O) groups excluding carboxylic acids is 1. The van der Waals surface area contributed by atoms with Crippen LogP contribution in [0.1, 0.15) is 54.9 Å². The van der Waals surface area contributed by atoms with Crippen LogP contribution in [0.2, 0.25) is 0 Å². The van der Waals surface area contributed by atoms with E-state index in [1.807, 2.05) is 13.8 Å². The second-order valence-corrected chi connectivity index (χ2v) is 11.7. The summed E-state index contributed by atoms with van der Waals surface area (Å²) in [5.74, 6) is 0.0534. The molecule has 0 saturated carbocycles. The van der Waals surface area contributed by atoms with Crippen molar-refractivity contribution in [3.8, 4) is 0 Å². The number of carbonyl (C=O) groups is 1. The number of nitrogens with zero attached hydrogens (tertiary/aromatic N) is 2. The summed E-state index contributed by atoms with van der Waals surface area (Å²) in [6, 6.07) is 0. The van der Waals surface area contributed by atoms with Gasteiger partial charge in [0.15, 0.2) is 0 Å². The van der Waals surface area contributed by atoms with Crippen molar-refractivity contribution in [3.05, 3.63) is 16.0 Å². The lowest BCUT2D eigenvalue weighted by Crippen LogP contribution is -2.48. The summed E-state index contributed by atoms with van der Waals surface area (Å²) in [7, 11) is -2.49. The van der Waals surface area contributed by atoms with E-state index in [0.29, 0.717) is 18.9 Å². The minimum Gasteiger partial charge on any atom is -0.465 e. The highest BCUT2D eigenvalue weighted by Crippen LogP contribution is 2.38. The lowest BCUT2D eigenvalue weighted by Gasteiger charge is -2.34. The van der Waals surface area contributed by atoms with Crippen molar-refractivity contribution in [1.82, 2.24) is 9.21 Å². The number of ether oxygens (including phenoxy) is 2. The quantitative estimate of drug-likeness (QED) is 0.628. The summed E-state index contributed by atoms with van der Waals surface area (Å²) < 4.78 is 39.2. The molecule has 7 nitrogen and oxygen atoms in total. The van der Waals surface area contributed by atoms with Gasteiger partial charge in [-0.2, -0.15) is 4.31 Å². The first kappa shape index (κ1) is 22.7. The van der Waals surface area contributed by atoms with Crippen LogP contribution in [-0.4, -0.2) is 69.1 Å². The van der Waals surface area contributed by atoms with Gasteiger partial charge in [-0.05, 0) is 44.7 Å². The third kappa shape index (κ3) is 4.85. The summed E-state index contributed by atoms with van der Waals surface area (Å²) in [4.78, 5) is 15.9. The molecular weight excluding hydrogens is 412 g/mol. The van der Waals surface area contributed by atoms with Gasteiger partial charge >= 0.3 is 5.97 Å². The second-order valence-electron chi connectivity index (χ2n) is 8.45. The molecular formula is C20H32N2O5S2. The van der Waals surface area contributed by atoms with Crippen molar-refractivity contribution in [3.63, 3.8) is 0 Å². The van der Waals surface area contributed by atoms with Crippen LogP contribution in [0.15, 0.2) is 4.21 Å². The lowest BCUT2D eigenvalue weighted by atomic mass is 10.0. The van der Waals surface area contributed by atoms with E-state index in [9.17, 15) is 13.2 Å². The molecule has 0 unspecified atom stereocenters. The van der Waals surface area contributed by atoms with Gasteiger partial charge in [0.05, 0.1) is 24.9 Å². The largest absolute Gasteiger partial charge is 0.465 e. The Labute approximate surface area is 178 Å². The fourth-order valence-corrected chi connectivity index (χ4v) is 7.65. The Balaban J connectivity index is 1.96. The fraction of sp³-hybridized carbons (Fsp3) is 0.750. The van der Waals surface area contributed by atoms with E-state index < -0.39 is 16.0 Å². The van der Waals surface area contributed by atoms with Crippen molar-refractivity contribution < 1.29 is 22.7 Å². The molecule has 9 heteroatoms. The number of rotatable bonds is 6. The molecule has 0 spiro atoms. The fourth-order valence-electron chi connectivity index (χ4n) is 4.00. The first-order valence-electron chi connectivity index (χ1n) is 10.2. The average Bonchev–Trinajstić information content (AvgIpc) is 3.04. The molecule has 29 heavy (non-hydrogen) atoms. The minimum atomic E-state index is -3.80. The minimum absolute atomic E-state index is 0.126. The van der Waals surface area contributed by atoms with Crippen LogP contribution in [0.5, 0.6) is 0 Å². The van der Waals surface area contributed by atoms with Crippen molar-refractivity contribution in [1.29, 1.82) is 0 Å². The van der Waals surface area contributed by atoms with Crippen molar-refractivity contribution >= 4 is 27.3 Å². The maximum absolute atomic E-state index is 13.5. The van der Waals surface area contributed by atoms with Crippen molar-refractivity contribution in [2.24, 2.45) is 5.92 Å². The predicted octanol–water partition coefficient (Wildman–Crippen LogP) is 2.74. The summed E-state index contributed by atoms with van der Waals surface area (Å²) in [6.07, 6.45) is 1.39. The second kappa shape index (κ2) is 9.01. The van der Waals surface area contributed by atoms with E-state index in [1.54, 1.807) is 0 Å². The monoisotopic (exact) mass is 444 g/mol. The SMILES string of the molecule is COC(=O)c1c(S(=O)(=O)N2C[C@@H](C)O[C@@H](C)C2)sc2c1CCN(CCC(C)C)C2. The Bertz CT molecular complexity index is 839. The predicted molar refractivity (Wildman–Crippen MR) is 113 cm³/mol. The Morgan fingerprint density at radius 2 is 1.93 bits per heavy atom. The van der Waals surface area contributed by atoms with Crippen LogP contribution in [0.3, 0.4) is 0 Å². The van der Waals surface area contributed by atoms with Gasteiger partial charge in [0.25, 0.3) is 10.0 Å². The Morgan fingerprint density at radius 3 is 2.52 bits per heavy atom. The molecule has 0 aliphatic carbocycles. The maximum Gasteiger partial charge on any atom is 0.340 e. The third-order valence-electron chi connectivity index (χ3n) is 5.48. The summed E-state index contributed by atoms with van der Waals surface area (Å²) >= 11 is 1.23. The van der Waals surface area contributed by atoms with Gasteiger partial charge in [0.2, 0.25) is 0 Å². The molecule has 164 valence electrons. The lowest BCUT2D eigenvalue weighted by molar-refractivity contribution is -0.0440. The molecule has 3 heterocycles. The van der Waals surface area contributed by atoms with E-state index >= 15 is 0 Å². The van der Waals surface area contributed by atoms with Gasteiger partial charge in [0.1, 0.15) is 4.21 Å². The molecule has 3 rings (SSSR count). The molecule has 0 radical (unpaired) electrons. The topological polar surface area (TPSA) is 76.2 Å². The molecule has 1 saturated heterocycles. The van der Waals surface area contributed by atoms with E-state index in [-0.39, 0.29) is 35.1 Å². The first-order valence-corrected chi connectivity index (χ1v) is 12.5. The highest BCUT2D eigenvalue weighted by molar-refractivity contribution is 7.91. The molecule has 0 amide bonds. The van der Waals surface area contributed by atoms with Crippen LogP contribution in [-0.2, 0) is 32.5 Å². The van der Waals surface area contributed by atoms with Gasteiger partial charge in [-0.25, -0.2) is 13.2 Å². The number of esters is 1. The van der Waals surface area contributed by atoms with Crippen LogP contribution in [0, 0.1) is 5.92 Å². The smallest absolute Gasteiger partial charge is 0.340 e. The Morgan fingerprint density at radius 1 is 1.28 bits per heavy atom. The van der Waals surface area contributed by atoms with Crippen molar-refractivity contribution in [2.75, 3.05) is 33.3 Å². The third-order valence-corrected chi connectivity index (χ3v) is 9.02. The van der Waals surface area contributed by atoms with Crippen LogP contribution in [0.4, 0.5) is 0 Å². The van der Waals surface area contributed by atoms with E-state index in [2.05, 4.69) is 18.7 Å². The summed E-state index contributed by atoms with van der Waals surface area (Å²) in [5.41, 5.74) is 1.08. The first-order chi connectivity index (χ1) is 13.6. The number of hydrogen-bond acceptors (Lipinski definition) is 7. The Hall–Kier alpha value is -1.00. The number of hydrogen-bond donors (Lipinski definition) is 0. The molecule has 1 aromatic heterocycles.